The first-order valence-corrected chi connectivity index (χ1v) is 8.09. The van der Waals surface area contributed by atoms with Crippen LogP contribution in [0.3, 0.4) is 0 Å². The van der Waals surface area contributed by atoms with Crippen LogP contribution in [0.4, 0.5) is 0 Å². The van der Waals surface area contributed by atoms with Gasteiger partial charge in [0, 0.05) is 90.1 Å². The molecule has 0 bridgehead atoms. The van der Waals surface area contributed by atoms with Crippen molar-refractivity contribution in [2.24, 2.45) is 0 Å². The number of terminal acetylenes is 1. The molecule has 0 aromatic carbocycles. The van der Waals surface area contributed by atoms with E-state index in [1.165, 1.54) is 24.3 Å². The van der Waals surface area contributed by atoms with Crippen molar-refractivity contribution in [1.82, 2.24) is 10.1 Å². The minimum Gasteiger partial charge on any atom is -0.275 e. The number of amides is 2. The van der Waals surface area contributed by atoms with Gasteiger partial charge in [0.05, 0.1) is 14.2 Å². The Balaban J connectivity index is -0.0000000139. The van der Waals surface area contributed by atoms with E-state index >= 15 is 0 Å². The van der Waals surface area contributed by atoms with Gasteiger partial charge in [-0.25, -0.2) is 10.1 Å². The van der Waals surface area contributed by atoms with Gasteiger partial charge in [0.25, 0.3) is 0 Å². The van der Waals surface area contributed by atoms with Gasteiger partial charge in [-0.2, -0.15) is 0 Å². The summed E-state index contributed by atoms with van der Waals surface area (Å²) in [6.45, 7) is 12.9. The predicted octanol–water partition coefficient (Wildman–Crippen LogP) is 6.70. The molecule has 0 saturated heterocycles. The van der Waals surface area contributed by atoms with Crippen LogP contribution in [0.2, 0.25) is 0 Å². The van der Waals surface area contributed by atoms with E-state index in [9.17, 15) is 9.59 Å². The average molecular weight is 990 g/mol. The first-order chi connectivity index (χ1) is 11.8. The van der Waals surface area contributed by atoms with Crippen molar-refractivity contribution < 1.29 is 82.5 Å². The van der Waals surface area contributed by atoms with E-state index in [0.717, 1.165) is 0 Å². The number of hydrogen-bond acceptors (Lipinski definition) is 4. The van der Waals surface area contributed by atoms with E-state index in [4.69, 9.17) is 0 Å². The first kappa shape index (κ1) is 84.5. The van der Waals surface area contributed by atoms with Gasteiger partial charge in [0.15, 0.2) is 0 Å². The van der Waals surface area contributed by atoms with Crippen LogP contribution in [-0.2, 0) is 82.5 Å². The number of carbonyl (C=O) groups is 2. The summed E-state index contributed by atoms with van der Waals surface area (Å²) in [6, 6.07) is 0. The molecule has 0 aromatic rings. The maximum absolute atomic E-state index is 10.5. The molecule has 0 N–H and O–H groups in total. The summed E-state index contributed by atoms with van der Waals surface area (Å²) in [5, 5.41) is 2.42. The van der Waals surface area contributed by atoms with Crippen LogP contribution in [0.25, 0.3) is 0 Å². The number of carbonyl (C=O) groups excluding carboxylic acids is 2. The summed E-state index contributed by atoms with van der Waals surface area (Å²) in [7, 11) is 6.11. The Labute approximate surface area is 253 Å². The van der Waals surface area contributed by atoms with Gasteiger partial charge < -0.3 is 0 Å². The van der Waals surface area contributed by atoms with Crippen molar-refractivity contribution in [3.05, 3.63) is 0 Å². The molecular weight excluding hydrogens is 932 g/mol. The molecule has 0 aromatic heterocycles. The fourth-order valence-corrected chi connectivity index (χ4v) is 0.649. The fourth-order valence-electron chi connectivity index (χ4n) is 0.649. The molecule has 0 unspecified atom stereocenters. The van der Waals surface area contributed by atoms with E-state index in [1.54, 1.807) is 34.9 Å². The minimum absolute atomic E-state index is 0. The molecule has 0 heterocycles. The third kappa shape index (κ3) is 99.6. The van der Waals surface area contributed by atoms with E-state index in [0.29, 0.717) is 12.8 Å². The van der Waals surface area contributed by atoms with Crippen LogP contribution in [0.1, 0.15) is 98.4 Å². The molecule has 0 atom stereocenters. The SMILES string of the molecule is C.C.C.C.C.C#CC.CC.CC#CC.CCC(=O)N(C)OC.CCC(=O)N(C)OC.[W].[W].[W]. The van der Waals surface area contributed by atoms with Crippen molar-refractivity contribution in [2.75, 3.05) is 28.3 Å². The standard InChI is InChI=1S/2C5H11NO2.C4H6.C3H4.C2H6.5CH4.3W/c2*1-4-5(7)6(2)8-3;1-3-4-2;1-3-2;1-2;;;;;;;;/h2*4H2,1-3H3;1-2H3;1H,2H3;1-2H3;5*1H4;;;. The molecule has 0 fully saturated rings. The third-order valence-corrected chi connectivity index (χ3v) is 2.11. The van der Waals surface area contributed by atoms with Crippen LogP contribution in [0.15, 0.2) is 0 Å². The Morgan fingerprint density at radius 3 is 0.879 bits per heavy atom. The number of rotatable bonds is 4. The molecule has 9 heteroatoms. The molecule has 6 nitrogen and oxygen atoms in total. The zero-order valence-corrected chi connectivity index (χ0v) is 28.0. The summed E-state index contributed by atoms with van der Waals surface area (Å²) in [4.78, 5) is 30.3. The second kappa shape index (κ2) is 85.1. The molecule has 0 spiro atoms. The van der Waals surface area contributed by atoms with Crippen LogP contribution in [0.5, 0.6) is 0 Å². The molecule has 33 heavy (non-hydrogen) atoms. The first-order valence-electron chi connectivity index (χ1n) is 8.09. The Bertz CT molecular complexity index is 367. The Morgan fingerprint density at radius 2 is 0.848 bits per heavy atom. The van der Waals surface area contributed by atoms with Crippen LogP contribution >= 0.6 is 0 Å². The van der Waals surface area contributed by atoms with Crippen molar-refractivity contribution in [1.29, 1.82) is 0 Å². The predicted molar refractivity (Wildman–Crippen MR) is 139 cm³/mol. The molecule has 0 rings (SSSR count). The number of hydroxylamine groups is 4. The summed E-state index contributed by atoms with van der Waals surface area (Å²) < 4.78 is 0. The van der Waals surface area contributed by atoms with Gasteiger partial charge in [-0.05, 0) is 20.8 Å². The van der Waals surface area contributed by atoms with Crippen molar-refractivity contribution in [3.63, 3.8) is 0 Å². The summed E-state index contributed by atoms with van der Waals surface area (Å²) in [5.74, 6) is 7.60. The topological polar surface area (TPSA) is 59.1 Å². The molecule has 206 valence electrons. The molecule has 2 amide bonds. The fraction of sp³-hybridized carbons (Fsp3) is 0.750. The second-order valence-corrected chi connectivity index (χ2v) is 3.64. The maximum atomic E-state index is 10.5. The summed E-state index contributed by atoms with van der Waals surface area (Å²) in [6.07, 6.45) is 5.58. The molecule has 0 aliphatic rings. The van der Waals surface area contributed by atoms with Crippen molar-refractivity contribution >= 4 is 11.8 Å². The van der Waals surface area contributed by atoms with Crippen molar-refractivity contribution in [2.45, 2.75) is 98.4 Å². The van der Waals surface area contributed by atoms with E-state index in [2.05, 4.69) is 33.9 Å². The Kier molecular flexibility index (Phi) is 218. The van der Waals surface area contributed by atoms with Gasteiger partial charge in [-0.3, -0.25) is 19.3 Å². The van der Waals surface area contributed by atoms with E-state index < -0.39 is 0 Å². The smallest absolute Gasteiger partial charge is 0.245 e. The van der Waals surface area contributed by atoms with E-state index in [1.807, 2.05) is 27.7 Å². The molecule has 0 aliphatic carbocycles. The number of hydrogen-bond donors (Lipinski definition) is 0. The Morgan fingerprint density at radius 1 is 0.697 bits per heavy atom. The summed E-state index contributed by atoms with van der Waals surface area (Å²) >= 11 is 0. The van der Waals surface area contributed by atoms with Gasteiger partial charge >= 0.3 is 0 Å². The maximum Gasteiger partial charge on any atom is 0.245 e. The van der Waals surface area contributed by atoms with Gasteiger partial charge in [0.2, 0.25) is 11.8 Å². The van der Waals surface area contributed by atoms with Crippen LogP contribution in [0, 0.1) is 24.2 Å². The summed E-state index contributed by atoms with van der Waals surface area (Å²) in [5.41, 5.74) is 0. The monoisotopic (exact) mass is 990 g/mol. The quantitative estimate of drug-likeness (QED) is 0.233. The average Bonchev–Trinajstić information content (AvgIpc) is 2.68. The molecular formula is C24H58N2O4W3. The normalized spacial score (nSPS) is 5.15. The van der Waals surface area contributed by atoms with Gasteiger partial charge in [0.1, 0.15) is 0 Å². The van der Waals surface area contributed by atoms with Gasteiger partial charge in [-0.1, -0.05) is 64.8 Å². The van der Waals surface area contributed by atoms with Crippen LogP contribution in [-0.4, -0.2) is 50.3 Å². The van der Waals surface area contributed by atoms with Gasteiger partial charge in [-0.15, -0.1) is 24.2 Å². The van der Waals surface area contributed by atoms with Crippen molar-refractivity contribution in [3.8, 4) is 24.2 Å². The number of nitrogens with zero attached hydrogens (tertiary/aromatic N) is 2. The molecule has 0 aliphatic heterocycles. The second-order valence-electron chi connectivity index (χ2n) is 3.64. The zero-order valence-electron chi connectivity index (χ0n) is 19.2. The van der Waals surface area contributed by atoms with E-state index in [-0.39, 0.29) is 112 Å². The largest absolute Gasteiger partial charge is 0.275 e. The zero-order chi connectivity index (χ0) is 21.3. The molecule has 0 saturated carbocycles. The third-order valence-electron chi connectivity index (χ3n) is 2.11. The Hall–Kier alpha value is 0.0449. The van der Waals surface area contributed by atoms with Crippen LogP contribution < -0.4 is 0 Å². The molecule has 0 radical (unpaired) electrons. The minimum atomic E-state index is -0.00694.